The third kappa shape index (κ3) is 5.22. The average molecular weight is 446 g/mol. The molecule has 0 aliphatic heterocycles. The monoisotopic (exact) mass is 445 g/mol. The number of benzene rings is 2. The number of carboxylic acids is 1. The highest BCUT2D eigenvalue weighted by molar-refractivity contribution is 5.71. The summed E-state index contributed by atoms with van der Waals surface area (Å²) in [6.07, 6.45) is 4.43. The minimum Gasteiger partial charge on any atom is -0.481 e. The van der Waals surface area contributed by atoms with E-state index in [4.69, 9.17) is 0 Å². The number of aromatic nitrogens is 2. The first-order valence-corrected chi connectivity index (χ1v) is 11.5. The maximum atomic E-state index is 11.3. The number of nitrogens with zero attached hydrogens (tertiary/aromatic N) is 2. The number of nitrogens with one attached hydrogen (secondary N) is 1. The van der Waals surface area contributed by atoms with Gasteiger partial charge in [-0.1, -0.05) is 30.3 Å². The number of carboxylic acid groups (broad SMARTS) is 1. The lowest BCUT2D eigenvalue weighted by molar-refractivity contribution is -0.144. The molecule has 0 bridgehead atoms. The number of anilines is 2. The van der Waals surface area contributed by atoms with E-state index in [1.807, 2.05) is 44.2 Å². The quantitative estimate of drug-likeness (QED) is 0.457. The molecule has 0 saturated heterocycles. The van der Waals surface area contributed by atoms with Crippen molar-refractivity contribution in [3.63, 3.8) is 0 Å². The van der Waals surface area contributed by atoms with Gasteiger partial charge in [-0.05, 0) is 92.8 Å². The van der Waals surface area contributed by atoms with Crippen LogP contribution in [0.3, 0.4) is 0 Å². The van der Waals surface area contributed by atoms with Gasteiger partial charge in [-0.15, -0.1) is 0 Å². The van der Waals surface area contributed by atoms with Gasteiger partial charge in [0, 0.05) is 17.6 Å². The molecule has 0 spiro atoms. The van der Waals surface area contributed by atoms with Crippen LogP contribution in [0.15, 0.2) is 54.7 Å². The summed E-state index contributed by atoms with van der Waals surface area (Å²) < 4.78 is 0. The molecule has 1 aromatic heterocycles. The fraction of sp³-hybridized carbons (Fsp3) is 0.370. The molecule has 3 aromatic rings. The Bertz CT molecular complexity index is 1130. The minimum atomic E-state index is -0.982. The minimum absolute atomic E-state index is 0.0584. The van der Waals surface area contributed by atoms with E-state index >= 15 is 0 Å². The van der Waals surface area contributed by atoms with Crippen molar-refractivity contribution in [3.8, 4) is 11.1 Å². The van der Waals surface area contributed by atoms with E-state index in [9.17, 15) is 15.0 Å². The fourth-order valence-electron chi connectivity index (χ4n) is 4.80. The Morgan fingerprint density at radius 1 is 1.00 bits per heavy atom. The number of rotatable bonds is 6. The molecule has 0 radical (unpaired) electrons. The van der Waals surface area contributed by atoms with Crippen LogP contribution in [-0.4, -0.2) is 26.2 Å². The lowest BCUT2D eigenvalue weighted by atomic mass is 9.71. The van der Waals surface area contributed by atoms with Gasteiger partial charge in [-0.25, -0.2) is 9.97 Å². The maximum absolute atomic E-state index is 11.3. The van der Waals surface area contributed by atoms with Crippen LogP contribution in [0.1, 0.15) is 49.4 Å². The Hall–Kier alpha value is -3.25. The second-order valence-corrected chi connectivity index (χ2v) is 9.35. The first kappa shape index (κ1) is 22.9. The summed E-state index contributed by atoms with van der Waals surface area (Å²) in [6, 6.07) is 16.2. The van der Waals surface area contributed by atoms with Gasteiger partial charge in [0.05, 0.1) is 11.5 Å². The van der Waals surface area contributed by atoms with Crippen LogP contribution in [0.25, 0.3) is 11.1 Å². The third-order valence-corrected chi connectivity index (χ3v) is 6.80. The van der Waals surface area contributed by atoms with Crippen LogP contribution >= 0.6 is 0 Å². The molecule has 4 rings (SSSR count). The van der Waals surface area contributed by atoms with Gasteiger partial charge < -0.3 is 15.5 Å². The second-order valence-electron chi connectivity index (χ2n) is 9.35. The normalized spacial score (nSPS) is 20.1. The first-order chi connectivity index (χ1) is 15.7. The van der Waals surface area contributed by atoms with Gasteiger partial charge in [-0.2, -0.15) is 0 Å². The highest BCUT2D eigenvalue weighted by Crippen LogP contribution is 2.41. The van der Waals surface area contributed by atoms with Crippen molar-refractivity contribution in [1.29, 1.82) is 0 Å². The van der Waals surface area contributed by atoms with Gasteiger partial charge in [0.2, 0.25) is 5.95 Å². The highest BCUT2D eigenvalue weighted by Gasteiger charge is 2.37. The predicted molar refractivity (Wildman–Crippen MR) is 129 cm³/mol. The zero-order valence-electron chi connectivity index (χ0n) is 19.4. The van der Waals surface area contributed by atoms with Gasteiger partial charge in [-0.3, -0.25) is 4.79 Å². The van der Waals surface area contributed by atoms with E-state index in [1.165, 1.54) is 0 Å². The molecule has 2 aromatic carbocycles. The standard InChI is InChI=1S/C27H31N3O3/c1-17-14-21(16-24(15-17)30-26-28-13-12-18(2)29-26)19-4-8-22(9-5-19)27(3,33)23-10-6-20(7-11-23)25(31)32/h4-5,8-9,12-16,20,23,33H,6-7,10-11H2,1-3H3,(H,31,32)(H,28,29,30)/t20-,23-,27-/m0/s1. The molecule has 1 fully saturated rings. The Morgan fingerprint density at radius 2 is 1.70 bits per heavy atom. The molecule has 0 amide bonds. The topological polar surface area (TPSA) is 95.3 Å². The first-order valence-electron chi connectivity index (χ1n) is 11.5. The second kappa shape index (κ2) is 9.32. The Labute approximate surface area is 194 Å². The number of hydrogen-bond acceptors (Lipinski definition) is 5. The molecule has 172 valence electrons. The van der Waals surface area contributed by atoms with Gasteiger partial charge in [0.25, 0.3) is 0 Å². The molecule has 6 nitrogen and oxygen atoms in total. The van der Waals surface area contributed by atoms with Crippen LogP contribution in [0.5, 0.6) is 0 Å². The van der Waals surface area contributed by atoms with Gasteiger partial charge in [0.1, 0.15) is 0 Å². The molecular weight excluding hydrogens is 414 g/mol. The molecule has 1 aliphatic rings. The summed E-state index contributed by atoms with van der Waals surface area (Å²) in [7, 11) is 0. The SMILES string of the molecule is Cc1cc(Nc2nccc(C)n2)cc(-c2ccc([C@](C)(O)[C@H]3CC[C@H](C(=O)O)CC3)cc2)c1. The third-order valence-electron chi connectivity index (χ3n) is 6.80. The Morgan fingerprint density at radius 3 is 2.33 bits per heavy atom. The molecule has 1 heterocycles. The van der Waals surface area contributed by atoms with Crippen molar-refractivity contribution in [2.75, 3.05) is 5.32 Å². The van der Waals surface area contributed by atoms with Gasteiger partial charge in [0.15, 0.2) is 0 Å². The van der Waals surface area contributed by atoms with Gasteiger partial charge >= 0.3 is 5.97 Å². The van der Waals surface area contributed by atoms with Crippen molar-refractivity contribution >= 4 is 17.6 Å². The Balaban J connectivity index is 1.52. The average Bonchev–Trinajstić information content (AvgIpc) is 2.79. The zero-order valence-corrected chi connectivity index (χ0v) is 19.4. The number of aliphatic hydroxyl groups is 1. The molecule has 1 atom stereocenters. The molecule has 3 N–H and O–H groups in total. The molecule has 6 heteroatoms. The summed E-state index contributed by atoms with van der Waals surface area (Å²) >= 11 is 0. The smallest absolute Gasteiger partial charge is 0.306 e. The number of aryl methyl sites for hydroxylation is 2. The van der Waals surface area contributed by atoms with Crippen LogP contribution < -0.4 is 5.32 Å². The number of aliphatic carboxylic acids is 1. The Kier molecular flexibility index (Phi) is 6.47. The van der Waals surface area contributed by atoms with Crippen molar-refractivity contribution in [2.45, 2.75) is 52.1 Å². The maximum Gasteiger partial charge on any atom is 0.306 e. The van der Waals surface area contributed by atoms with Crippen molar-refractivity contribution < 1.29 is 15.0 Å². The van der Waals surface area contributed by atoms with Crippen molar-refractivity contribution in [2.24, 2.45) is 11.8 Å². The number of carbonyl (C=O) groups is 1. The van der Waals surface area contributed by atoms with E-state index in [2.05, 4.69) is 40.4 Å². The van der Waals surface area contributed by atoms with Crippen LogP contribution in [-0.2, 0) is 10.4 Å². The molecule has 33 heavy (non-hydrogen) atoms. The van der Waals surface area contributed by atoms with Crippen molar-refractivity contribution in [1.82, 2.24) is 9.97 Å². The lowest BCUT2D eigenvalue weighted by Gasteiger charge is -2.37. The summed E-state index contributed by atoms with van der Waals surface area (Å²) in [4.78, 5) is 19.9. The summed E-state index contributed by atoms with van der Waals surface area (Å²) in [6.45, 7) is 5.84. The molecule has 0 unspecified atom stereocenters. The molecular formula is C27H31N3O3. The van der Waals surface area contributed by atoms with Crippen molar-refractivity contribution in [3.05, 3.63) is 71.5 Å². The van der Waals surface area contributed by atoms with E-state index in [0.717, 1.165) is 46.5 Å². The fourth-order valence-corrected chi connectivity index (χ4v) is 4.80. The van der Waals surface area contributed by atoms with E-state index in [0.29, 0.717) is 18.8 Å². The summed E-state index contributed by atoms with van der Waals surface area (Å²) in [5.41, 5.74) is 4.95. The van der Waals surface area contributed by atoms with Crippen LogP contribution in [0.4, 0.5) is 11.6 Å². The highest BCUT2D eigenvalue weighted by atomic mass is 16.4. The zero-order chi connectivity index (χ0) is 23.6. The number of hydrogen-bond donors (Lipinski definition) is 3. The van der Waals surface area contributed by atoms with E-state index < -0.39 is 11.6 Å². The van der Waals surface area contributed by atoms with Crippen LogP contribution in [0.2, 0.25) is 0 Å². The predicted octanol–water partition coefficient (Wildman–Crippen LogP) is 5.60. The lowest BCUT2D eigenvalue weighted by Crippen LogP contribution is -2.35. The summed E-state index contributed by atoms with van der Waals surface area (Å²) in [5.74, 6) is -0.384. The van der Waals surface area contributed by atoms with Crippen LogP contribution in [0, 0.1) is 25.7 Å². The largest absolute Gasteiger partial charge is 0.481 e. The molecule has 1 aliphatic carbocycles. The van der Waals surface area contributed by atoms with E-state index in [1.54, 1.807) is 6.20 Å². The summed E-state index contributed by atoms with van der Waals surface area (Å²) in [5, 5.41) is 23.8. The van der Waals surface area contributed by atoms with E-state index in [-0.39, 0.29) is 11.8 Å². The molecule has 1 saturated carbocycles.